The molecule has 0 fully saturated rings. The molecular weight excluding hydrogens is 222 g/mol. The van der Waals surface area contributed by atoms with Gasteiger partial charge in [-0.25, -0.2) is 13.1 Å². The zero-order valence-electron chi connectivity index (χ0n) is 9.06. The minimum absolute atomic E-state index is 0.0444. The Bertz CT molecular complexity index is 298. The van der Waals surface area contributed by atoms with Gasteiger partial charge in [0.1, 0.15) is 6.04 Å². The summed E-state index contributed by atoms with van der Waals surface area (Å²) in [6.07, 6.45) is -0.0444. The van der Waals surface area contributed by atoms with Gasteiger partial charge in [-0.1, -0.05) is 0 Å². The summed E-state index contributed by atoms with van der Waals surface area (Å²) in [5.41, 5.74) is 0. The topological polar surface area (TPSA) is 92.7 Å². The molecule has 0 bridgehead atoms. The molecule has 0 rings (SSSR count). The van der Waals surface area contributed by atoms with Crippen LogP contribution in [0, 0.1) is 0 Å². The number of carboxylic acid groups (broad SMARTS) is 1. The van der Waals surface area contributed by atoms with Crippen LogP contribution in [-0.2, 0) is 19.6 Å². The summed E-state index contributed by atoms with van der Waals surface area (Å²) in [6.45, 7) is 4.91. The lowest BCUT2D eigenvalue weighted by Gasteiger charge is -2.11. The third-order valence-corrected chi connectivity index (χ3v) is 2.95. The lowest BCUT2D eigenvalue weighted by Crippen LogP contribution is -2.40. The Morgan fingerprint density at radius 3 is 2.33 bits per heavy atom. The number of sulfonamides is 1. The van der Waals surface area contributed by atoms with Crippen molar-refractivity contribution in [2.24, 2.45) is 0 Å². The highest BCUT2D eigenvalue weighted by atomic mass is 32.2. The van der Waals surface area contributed by atoms with Crippen LogP contribution in [-0.4, -0.2) is 44.0 Å². The maximum Gasteiger partial charge on any atom is 0.321 e. The van der Waals surface area contributed by atoms with Crippen LogP contribution in [0.2, 0.25) is 0 Å². The van der Waals surface area contributed by atoms with E-state index in [1.165, 1.54) is 6.92 Å². The maximum atomic E-state index is 11.3. The predicted molar refractivity (Wildman–Crippen MR) is 55.1 cm³/mol. The molecule has 0 aliphatic heterocycles. The molecule has 7 heteroatoms. The average Bonchev–Trinajstić information content (AvgIpc) is 2.01. The number of carbonyl (C=O) groups is 1. The normalized spacial score (nSPS) is 14.1. The van der Waals surface area contributed by atoms with Gasteiger partial charge in [-0.05, 0) is 20.8 Å². The van der Waals surface area contributed by atoms with Crippen LogP contribution < -0.4 is 4.72 Å². The second-order valence-corrected chi connectivity index (χ2v) is 5.29. The fraction of sp³-hybridized carbons (Fsp3) is 0.875. The van der Waals surface area contributed by atoms with E-state index < -0.39 is 22.0 Å². The second kappa shape index (κ2) is 6.04. The van der Waals surface area contributed by atoms with E-state index in [0.29, 0.717) is 0 Å². The third-order valence-electron chi connectivity index (χ3n) is 1.53. The Balaban J connectivity index is 4.03. The van der Waals surface area contributed by atoms with Crippen molar-refractivity contribution in [3.8, 4) is 0 Å². The number of rotatable bonds is 7. The molecule has 15 heavy (non-hydrogen) atoms. The van der Waals surface area contributed by atoms with E-state index >= 15 is 0 Å². The molecule has 0 spiro atoms. The van der Waals surface area contributed by atoms with Crippen molar-refractivity contribution in [2.45, 2.75) is 32.9 Å². The van der Waals surface area contributed by atoms with Gasteiger partial charge in [-0.3, -0.25) is 4.79 Å². The van der Waals surface area contributed by atoms with E-state index in [0.717, 1.165) is 0 Å². The zero-order chi connectivity index (χ0) is 12.1. The van der Waals surface area contributed by atoms with E-state index in [1.807, 2.05) is 4.72 Å². The van der Waals surface area contributed by atoms with Gasteiger partial charge < -0.3 is 9.84 Å². The highest BCUT2D eigenvalue weighted by Gasteiger charge is 2.19. The molecule has 0 aromatic heterocycles. The number of nitrogens with one attached hydrogen (secondary N) is 1. The van der Waals surface area contributed by atoms with Gasteiger partial charge in [0.05, 0.1) is 18.5 Å². The molecule has 0 saturated heterocycles. The quantitative estimate of drug-likeness (QED) is 0.642. The van der Waals surface area contributed by atoms with Crippen LogP contribution in [0.5, 0.6) is 0 Å². The molecule has 2 N–H and O–H groups in total. The zero-order valence-corrected chi connectivity index (χ0v) is 9.87. The number of hydrogen-bond donors (Lipinski definition) is 2. The van der Waals surface area contributed by atoms with E-state index in [1.54, 1.807) is 13.8 Å². The monoisotopic (exact) mass is 239 g/mol. The van der Waals surface area contributed by atoms with Crippen LogP contribution in [0.3, 0.4) is 0 Å². The van der Waals surface area contributed by atoms with Crippen molar-refractivity contribution in [1.29, 1.82) is 0 Å². The molecule has 0 aromatic carbocycles. The molecular formula is C8H17NO5S. The average molecular weight is 239 g/mol. The van der Waals surface area contributed by atoms with Crippen molar-refractivity contribution in [3.05, 3.63) is 0 Å². The molecule has 0 radical (unpaired) electrons. The number of carboxylic acids is 1. The van der Waals surface area contributed by atoms with Crippen molar-refractivity contribution < 1.29 is 23.1 Å². The standard InChI is InChI=1S/C8H17NO5S/c1-6(2)14-4-5-15(12,13)9-7(3)8(10)11/h6-7,9H,4-5H2,1-3H3,(H,10,11). The van der Waals surface area contributed by atoms with E-state index in [4.69, 9.17) is 9.84 Å². The van der Waals surface area contributed by atoms with Gasteiger partial charge in [-0.15, -0.1) is 0 Å². The first-order valence-corrected chi connectivity index (χ1v) is 6.24. The Morgan fingerprint density at radius 1 is 1.40 bits per heavy atom. The SMILES string of the molecule is CC(C)OCCS(=O)(=O)NC(C)C(=O)O. The summed E-state index contributed by atoms with van der Waals surface area (Å²) in [4.78, 5) is 10.4. The molecule has 0 aliphatic carbocycles. The third kappa shape index (κ3) is 7.29. The summed E-state index contributed by atoms with van der Waals surface area (Å²) in [6, 6.07) is -1.12. The van der Waals surface area contributed by atoms with E-state index in [2.05, 4.69) is 0 Å². The fourth-order valence-electron chi connectivity index (χ4n) is 0.772. The first kappa shape index (κ1) is 14.3. The fourth-order valence-corrected chi connectivity index (χ4v) is 1.85. The highest BCUT2D eigenvalue weighted by Crippen LogP contribution is 1.93. The summed E-state index contributed by atoms with van der Waals surface area (Å²) in [5.74, 6) is -1.44. The van der Waals surface area contributed by atoms with Crippen molar-refractivity contribution >= 4 is 16.0 Å². The number of aliphatic carboxylic acids is 1. The molecule has 1 unspecified atom stereocenters. The van der Waals surface area contributed by atoms with Gasteiger partial charge in [0, 0.05) is 0 Å². The van der Waals surface area contributed by atoms with Crippen LogP contribution in [0.4, 0.5) is 0 Å². The molecule has 1 atom stereocenters. The molecule has 0 amide bonds. The molecule has 0 aromatic rings. The lowest BCUT2D eigenvalue weighted by molar-refractivity contribution is -0.138. The lowest BCUT2D eigenvalue weighted by atomic mass is 10.4. The van der Waals surface area contributed by atoms with Gasteiger partial charge in [-0.2, -0.15) is 0 Å². The Hall–Kier alpha value is -0.660. The Kier molecular flexibility index (Phi) is 5.77. The molecule has 0 saturated carbocycles. The smallest absolute Gasteiger partial charge is 0.321 e. The summed E-state index contributed by atoms with van der Waals surface area (Å²) < 4.78 is 29.6. The van der Waals surface area contributed by atoms with Gasteiger partial charge in [0.2, 0.25) is 10.0 Å². The van der Waals surface area contributed by atoms with Crippen molar-refractivity contribution in [1.82, 2.24) is 4.72 Å². The largest absolute Gasteiger partial charge is 0.480 e. The minimum Gasteiger partial charge on any atom is -0.480 e. The van der Waals surface area contributed by atoms with E-state index in [9.17, 15) is 13.2 Å². The number of ether oxygens (including phenoxy) is 1. The molecule has 90 valence electrons. The highest BCUT2D eigenvalue weighted by molar-refractivity contribution is 7.89. The van der Waals surface area contributed by atoms with Gasteiger partial charge in [0.25, 0.3) is 0 Å². The predicted octanol–water partition coefficient (Wildman–Crippen LogP) is -0.196. The Morgan fingerprint density at radius 2 is 1.93 bits per heavy atom. The van der Waals surface area contributed by atoms with Crippen LogP contribution in [0.1, 0.15) is 20.8 Å². The summed E-state index contributed by atoms with van der Waals surface area (Å²) >= 11 is 0. The first-order valence-electron chi connectivity index (χ1n) is 4.59. The molecule has 0 aliphatic rings. The van der Waals surface area contributed by atoms with E-state index in [-0.39, 0.29) is 18.5 Å². The molecule has 0 heterocycles. The number of hydrogen-bond acceptors (Lipinski definition) is 4. The summed E-state index contributed by atoms with van der Waals surface area (Å²) in [5, 5.41) is 8.50. The Labute approximate surface area is 89.7 Å². The molecule has 6 nitrogen and oxygen atoms in total. The first-order chi connectivity index (χ1) is 6.74. The second-order valence-electron chi connectivity index (χ2n) is 3.42. The summed E-state index contributed by atoms with van der Waals surface area (Å²) in [7, 11) is -3.58. The van der Waals surface area contributed by atoms with Crippen LogP contribution in [0.25, 0.3) is 0 Å². The van der Waals surface area contributed by atoms with Gasteiger partial charge in [0.15, 0.2) is 0 Å². The maximum absolute atomic E-state index is 11.3. The minimum atomic E-state index is -3.58. The van der Waals surface area contributed by atoms with Crippen LogP contribution >= 0.6 is 0 Å². The van der Waals surface area contributed by atoms with Crippen molar-refractivity contribution in [2.75, 3.05) is 12.4 Å². The van der Waals surface area contributed by atoms with Crippen LogP contribution in [0.15, 0.2) is 0 Å². The van der Waals surface area contributed by atoms with Gasteiger partial charge >= 0.3 is 5.97 Å². The van der Waals surface area contributed by atoms with Crippen molar-refractivity contribution in [3.63, 3.8) is 0 Å².